The smallest absolute Gasteiger partial charge is 0.255 e. The highest BCUT2D eigenvalue weighted by molar-refractivity contribution is 5.94. The van der Waals surface area contributed by atoms with Crippen molar-refractivity contribution in [2.45, 2.75) is 44.6 Å². The number of hydrogen-bond donors (Lipinski definition) is 0. The van der Waals surface area contributed by atoms with Crippen LogP contribution in [-0.4, -0.2) is 65.1 Å². The first kappa shape index (κ1) is 19.2. The van der Waals surface area contributed by atoms with Crippen molar-refractivity contribution in [2.75, 3.05) is 32.8 Å². The van der Waals surface area contributed by atoms with Gasteiger partial charge in [0.1, 0.15) is 0 Å². The molecule has 1 aromatic heterocycles. The van der Waals surface area contributed by atoms with E-state index in [4.69, 9.17) is 4.74 Å². The summed E-state index contributed by atoms with van der Waals surface area (Å²) in [6, 6.07) is 3.05. The van der Waals surface area contributed by atoms with Crippen LogP contribution in [0, 0.1) is 5.41 Å². The van der Waals surface area contributed by atoms with E-state index in [1.807, 2.05) is 9.80 Å². The summed E-state index contributed by atoms with van der Waals surface area (Å²) in [5.74, 6) is 0.221. The number of ether oxygens (including phenoxy) is 1. The number of likely N-dealkylation sites (tertiary alicyclic amines) is 2. The Balaban J connectivity index is 1.38. The molecule has 0 unspecified atom stereocenters. The molecule has 1 aromatic rings. The van der Waals surface area contributed by atoms with Crippen LogP contribution < -0.4 is 5.56 Å². The Labute approximate surface area is 165 Å². The van der Waals surface area contributed by atoms with Crippen LogP contribution >= 0.6 is 0 Å². The molecule has 3 fully saturated rings. The minimum Gasteiger partial charge on any atom is -0.376 e. The van der Waals surface area contributed by atoms with Crippen LogP contribution in [0.1, 0.15) is 48.9 Å². The molecule has 0 bridgehead atoms. The molecule has 7 nitrogen and oxygen atoms in total. The number of carbonyl (C=O) groups excluding carboxylic acids is 2. The van der Waals surface area contributed by atoms with Crippen molar-refractivity contribution in [3.05, 3.63) is 34.2 Å². The molecule has 28 heavy (non-hydrogen) atoms. The summed E-state index contributed by atoms with van der Waals surface area (Å²) in [5.41, 5.74) is 0.552. The summed E-state index contributed by atoms with van der Waals surface area (Å²) in [6.07, 6.45) is 7.26. The Morgan fingerprint density at radius 2 is 2.00 bits per heavy atom. The topological polar surface area (TPSA) is 71.8 Å². The van der Waals surface area contributed by atoms with Gasteiger partial charge in [-0.1, -0.05) is 0 Å². The fraction of sp³-hybridized carbons (Fsp3) is 0.667. The third-order valence-electron chi connectivity index (χ3n) is 6.64. The van der Waals surface area contributed by atoms with Gasteiger partial charge in [-0.2, -0.15) is 0 Å². The zero-order valence-electron chi connectivity index (χ0n) is 16.6. The van der Waals surface area contributed by atoms with Gasteiger partial charge in [0.2, 0.25) is 11.5 Å². The second kappa shape index (κ2) is 7.70. The average Bonchev–Trinajstić information content (AvgIpc) is 3.20. The molecule has 7 heteroatoms. The Hall–Kier alpha value is -2.15. The van der Waals surface area contributed by atoms with E-state index in [-0.39, 0.29) is 28.9 Å². The molecule has 2 amide bonds. The maximum absolute atomic E-state index is 12.8. The lowest BCUT2D eigenvalue weighted by atomic mass is 9.72. The third kappa shape index (κ3) is 3.85. The van der Waals surface area contributed by atoms with Gasteiger partial charge in [-0.15, -0.1) is 0 Å². The summed E-state index contributed by atoms with van der Waals surface area (Å²) in [6.45, 7) is 3.70. The van der Waals surface area contributed by atoms with E-state index >= 15 is 0 Å². The number of aryl methyl sites for hydroxylation is 1. The van der Waals surface area contributed by atoms with Crippen molar-refractivity contribution in [3.8, 4) is 0 Å². The zero-order valence-corrected chi connectivity index (χ0v) is 16.6. The molecule has 0 aromatic carbocycles. The summed E-state index contributed by atoms with van der Waals surface area (Å²) in [4.78, 5) is 40.6. The quantitative estimate of drug-likeness (QED) is 0.786. The Bertz CT molecular complexity index is 804. The number of amides is 2. The molecule has 0 saturated carbocycles. The minimum atomic E-state index is -0.118. The van der Waals surface area contributed by atoms with Gasteiger partial charge in [-0.25, -0.2) is 0 Å². The van der Waals surface area contributed by atoms with Crippen LogP contribution in [0.2, 0.25) is 0 Å². The maximum atomic E-state index is 12.8. The van der Waals surface area contributed by atoms with Gasteiger partial charge >= 0.3 is 0 Å². The first-order chi connectivity index (χ1) is 13.5. The molecule has 0 aliphatic carbocycles. The first-order valence-electron chi connectivity index (χ1n) is 10.3. The largest absolute Gasteiger partial charge is 0.376 e. The van der Waals surface area contributed by atoms with Crippen molar-refractivity contribution in [1.29, 1.82) is 0 Å². The number of nitrogens with zero attached hydrogens (tertiary/aromatic N) is 3. The van der Waals surface area contributed by atoms with Crippen molar-refractivity contribution in [1.82, 2.24) is 14.4 Å². The normalized spacial score (nSPS) is 24.8. The van der Waals surface area contributed by atoms with Gasteiger partial charge in [0, 0.05) is 58.5 Å². The molecular formula is C21H29N3O4. The van der Waals surface area contributed by atoms with Gasteiger partial charge in [-0.05, 0) is 43.6 Å². The van der Waals surface area contributed by atoms with E-state index in [0.717, 1.165) is 45.3 Å². The molecule has 4 rings (SSSR count). The van der Waals surface area contributed by atoms with E-state index in [1.54, 1.807) is 19.3 Å². The minimum absolute atomic E-state index is 0.0199. The molecule has 0 N–H and O–H groups in total. The maximum Gasteiger partial charge on any atom is 0.255 e. The summed E-state index contributed by atoms with van der Waals surface area (Å²) >= 11 is 0. The van der Waals surface area contributed by atoms with E-state index in [2.05, 4.69) is 0 Å². The predicted molar refractivity (Wildman–Crippen MR) is 104 cm³/mol. The average molecular weight is 387 g/mol. The highest BCUT2D eigenvalue weighted by Gasteiger charge is 2.42. The molecule has 152 valence electrons. The number of rotatable bonds is 3. The van der Waals surface area contributed by atoms with Crippen LogP contribution in [0.15, 0.2) is 23.1 Å². The fourth-order valence-corrected chi connectivity index (χ4v) is 4.80. The molecule has 0 radical (unpaired) electrons. The highest BCUT2D eigenvalue weighted by atomic mass is 16.5. The molecule has 3 saturated heterocycles. The van der Waals surface area contributed by atoms with E-state index in [1.165, 1.54) is 10.6 Å². The SMILES string of the molecule is Cn1cc(C(=O)N2CCC3(CCC(=O)N(C[C@@H]4CCCO4)C3)CC2)ccc1=O. The number of pyridine rings is 1. The Morgan fingerprint density at radius 1 is 1.21 bits per heavy atom. The van der Waals surface area contributed by atoms with Crippen molar-refractivity contribution in [2.24, 2.45) is 12.5 Å². The van der Waals surface area contributed by atoms with Gasteiger partial charge in [0.25, 0.3) is 5.91 Å². The van der Waals surface area contributed by atoms with Crippen LogP contribution in [-0.2, 0) is 16.6 Å². The van der Waals surface area contributed by atoms with Crippen molar-refractivity contribution >= 4 is 11.8 Å². The molecular weight excluding hydrogens is 358 g/mol. The van der Waals surface area contributed by atoms with Crippen LogP contribution in [0.4, 0.5) is 0 Å². The molecule has 1 atom stereocenters. The second-order valence-electron chi connectivity index (χ2n) is 8.57. The fourth-order valence-electron chi connectivity index (χ4n) is 4.80. The van der Waals surface area contributed by atoms with Crippen molar-refractivity contribution in [3.63, 3.8) is 0 Å². The monoisotopic (exact) mass is 387 g/mol. The molecule has 3 aliphatic heterocycles. The Kier molecular flexibility index (Phi) is 5.27. The lowest BCUT2D eigenvalue weighted by Gasteiger charge is -2.47. The van der Waals surface area contributed by atoms with Gasteiger partial charge in [0.15, 0.2) is 0 Å². The Morgan fingerprint density at radius 3 is 2.68 bits per heavy atom. The van der Waals surface area contributed by atoms with Crippen molar-refractivity contribution < 1.29 is 14.3 Å². The van der Waals surface area contributed by atoms with E-state index in [0.29, 0.717) is 31.6 Å². The highest BCUT2D eigenvalue weighted by Crippen LogP contribution is 2.40. The molecule has 4 heterocycles. The van der Waals surface area contributed by atoms with Crippen LogP contribution in [0.5, 0.6) is 0 Å². The van der Waals surface area contributed by atoms with E-state index in [9.17, 15) is 14.4 Å². The first-order valence-corrected chi connectivity index (χ1v) is 10.3. The molecule has 1 spiro atoms. The number of hydrogen-bond acceptors (Lipinski definition) is 4. The van der Waals surface area contributed by atoms with Gasteiger partial charge in [0.05, 0.1) is 11.7 Å². The van der Waals surface area contributed by atoms with Crippen LogP contribution in [0.25, 0.3) is 0 Å². The number of piperidine rings is 2. The third-order valence-corrected chi connectivity index (χ3v) is 6.64. The lowest BCUT2D eigenvalue weighted by molar-refractivity contribution is -0.141. The summed E-state index contributed by atoms with van der Waals surface area (Å²) in [7, 11) is 1.66. The summed E-state index contributed by atoms with van der Waals surface area (Å²) in [5, 5.41) is 0. The van der Waals surface area contributed by atoms with Gasteiger partial charge in [-0.3, -0.25) is 14.4 Å². The number of aromatic nitrogens is 1. The molecule has 3 aliphatic rings. The zero-order chi connectivity index (χ0) is 19.7. The standard InChI is InChI=1S/C21H29N3O4/c1-22-13-16(4-5-18(22)25)20(27)23-10-8-21(9-11-23)7-6-19(26)24(15-21)14-17-3-2-12-28-17/h4-5,13,17H,2-3,6-12,14-15H2,1H3/t17-/m0/s1. The van der Waals surface area contributed by atoms with Gasteiger partial charge < -0.3 is 19.1 Å². The van der Waals surface area contributed by atoms with Crippen LogP contribution in [0.3, 0.4) is 0 Å². The second-order valence-corrected chi connectivity index (χ2v) is 8.57. The van der Waals surface area contributed by atoms with E-state index < -0.39 is 0 Å². The lowest BCUT2D eigenvalue weighted by Crippen LogP contribution is -2.53. The predicted octanol–water partition coefficient (Wildman–Crippen LogP) is 1.41. The summed E-state index contributed by atoms with van der Waals surface area (Å²) < 4.78 is 7.16. The number of carbonyl (C=O) groups is 2.